The summed E-state index contributed by atoms with van der Waals surface area (Å²) in [4.78, 5) is 15.0. The first-order chi connectivity index (χ1) is 14.0. The summed E-state index contributed by atoms with van der Waals surface area (Å²) in [6, 6.07) is 9.74. The SMILES string of the molecule is Cc1cc(C)c(C)c(S(=O)(=O)N2CCN(C(=O)c3ccc(C(C)C)cc3)CC2)c1C. The molecule has 0 unspecified atom stereocenters. The molecule has 0 spiro atoms. The number of rotatable bonds is 4. The molecule has 3 rings (SSSR count). The zero-order valence-electron chi connectivity index (χ0n) is 18.8. The van der Waals surface area contributed by atoms with Crippen LogP contribution in [0.5, 0.6) is 0 Å². The van der Waals surface area contributed by atoms with Gasteiger partial charge < -0.3 is 4.90 Å². The van der Waals surface area contributed by atoms with Gasteiger partial charge in [0.15, 0.2) is 0 Å². The van der Waals surface area contributed by atoms with Crippen LogP contribution in [0, 0.1) is 27.7 Å². The second-order valence-electron chi connectivity index (χ2n) is 8.56. The Balaban J connectivity index is 1.76. The lowest BCUT2D eigenvalue weighted by molar-refractivity contribution is 0.0698. The van der Waals surface area contributed by atoms with E-state index in [-0.39, 0.29) is 5.91 Å². The van der Waals surface area contributed by atoms with Gasteiger partial charge in [-0.25, -0.2) is 8.42 Å². The van der Waals surface area contributed by atoms with Crippen LogP contribution in [0.4, 0.5) is 0 Å². The fourth-order valence-electron chi connectivity index (χ4n) is 4.02. The van der Waals surface area contributed by atoms with Gasteiger partial charge in [0.25, 0.3) is 5.91 Å². The second-order valence-corrected chi connectivity index (χ2v) is 10.4. The van der Waals surface area contributed by atoms with Gasteiger partial charge in [0.1, 0.15) is 0 Å². The molecular weight excluding hydrogens is 396 g/mol. The van der Waals surface area contributed by atoms with E-state index in [2.05, 4.69) is 13.8 Å². The molecule has 1 aliphatic heterocycles. The van der Waals surface area contributed by atoms with E-state index >= 15 is 0 Å². The van der Waals surface area contributed by atoms with Crippen molar-refractivity contribution in [3.8, 4) is 0 Å². The highest BCUT2D eigenvalue weighted by Crippen LogP contribution is 2.29. The highest BCUT2D eigenvalue weighted by molar-refractivity contribution is 7.89. The largest absolute Gasteiger partial charge is 0.336 e. The molecule has 5 nitrogen and oxygen atoms in total. The maximum absolute atomic E-state index is 13.4. The van der Waals surface area contributed by atoms with Gasteiger partial charge >= 0.3 is 0 Å². The van der Waals surface area contributed by atoms with E-state index < -0.39 is 10.0 Å². The van der Waals surface area contributed by atoms with Crippen LogP contribution in [0.2, 0.25) is 0 Å². The van der Waals surface area contributed by atoms with E-state index in [1.165, 1.54) is 9.87 Å². The lowest BCUT2D eigenvalue weighted by atomic mass is 10.0. The van der Waals surface area contributed by atoms with E-state index in [1.54, 1.807) is 4.90 Å². The number of hydrogen-bond acceptors (Lipinski definition) is 3. The number of benzene rings is 2. The molecule has 1 aliphatic rings. The molecule has 2 aromatic rings. The van der Waals surface area contributed by atoms with Gasteiger partial charge in [-0.3, -0.25) is 4.79 Å². The van der Waals surface area contributed by atoms with Crippen molar-refractivity contribution < 1.29 is 13.2 Å². The summed E-state index contributed by atoms with van der Waals surface area (Å²) in [6.45, 7) is 13.3. The van der Waals surface area contributed by atoms with Crippen LogP contribution in [0.3, 0.4) is 0 Å². The number of hydrogen-bond donors (Lipinski definition) is 0. The zero-order chi connectivity index (χ0) is 22.2. The van der Waals surface area contributed by atoms with Crippen LogP contribution in [-0.4, -0.2) is 49.7 Å². The number of carbonyl (C=O) groups excluding carboxylic acids is 1. The van der Waals surface area contributed by atoms with Gasteiger partial charge in [0.2, 0.25) is 10.0 Å². The monoisotopic (exact) mass is 428 g/mol. The highest BCUT2D eigenvalue weighted by Gasteiger charge is 2.33. The molecule has 1 fully saturated rings. The van der Waals surface area contributed by atoms with Gasteiger partial charge in [0.05, 0.1) is 4.90 Å². The third-order valence-corrected chi connectivity index (χ3v) is 8.42. The van der Waals surface area contributed by atoms with E-state index in [0.29, 0.717) is 42.6 Å². The van der Waals surface area contributed by atoms with Gasteiger partial charge in [-0.1, -0.05) is 32.0 Å². The summed E-state index contributed by atoms with van der Waals surface area (Å²) in [7, 11) is -3.60. The Morgan fingerprint density at radius 1 is 0.867 bits per heavy atom. The fourth-order valence-corrected chi connectivity index (χ4v) is 6.02. The van der Waals surface area contributed by atoms with Crippen LogP contribution in [0.25, 0.3) is 0 Å². The summed E-state index contributed by atoms with van der Waals surface area (Å²) in [6.07, 6.45) is 0. The molecule has 1 saturated heterocycles. The van der Waals surface area contributed by atoms with Gasteiger partial charge in [-0.15, -0.1) is 0 Å². The summed E-state index contributed by atoms with van der Waals surface area (Å²) in [5.41, 5.74) is 5.42. The molecule has 30 heavy (non-hydrogen) atoms. The Bertz CT molecular complexity index is 1020. The third-order valence-electron chi connectivity index (χ3n) is 6.25. The minimum atomic E-state index is -3.60. The van der Waals surface area contributed by atoms with Gasteiger partial charge in [-0.2, -0.15) is 4.31 Å². The molecule has 0 N–H and O–H groups in total. The van der Waals surface area contributed by atoms with Crippen molar-refractivity contribution in [2.45, 2.75) is 52.4 Å². The van der Waals surface area contributed by atoms with E-state index in [0.717, 1.165) is 22.3 Å². The molecule has 0 bridgehead atoms. The molecule has 1 amide bonds. The number of carbonyl (C=O) groups is 1. The normalized spacial score (nSPS) is 15.6. The van der Waals surface area contributed by atoms with Crippen molar-refractivity contribution in [2.75, 3.05) is 26.2 Å². The predicted molar refractivity (Wildman–Crippen MR) is 121 cm³/mol. The maximum atomic E-state index is 13.4. The van der Waals surface area contributed by atoms with Crippen LogP contribution in [0.1, 0.15) is 57.9 Å². The molecular formula is C24H32N2O3S. The first-order valence-corrected chi connectivity index (χ1v) is 11.9. The topological polar surface area (TPSA) is 57.7 Å². The smallest absolute Gasteiger partial charge is 0.253 e. The van der Waals surface area contributed by atoms with E-state index in [1.807, 2.05) is 58.0 Å². The Morgan fingerprint density at radius 3 is 1.83 bits per heavy atom. The van der Waals surface area contributed by atoms with E-state index in [9.17, 15) is 13.2 Å². The molecule has 0 saturated carbocycles. The molecule has 162 valence electrons. The van der Waals surface area contributed by atoms with Gasteiger partial charge in [-0.05, 0) is 73.6 Å². The Kier molecular flexibility index (Phi) is 6.39. The predicted octanol–water partition coefficient (Wildman–Crippen LogP) is 4.19. The summed E-state index contributed by atoms with van der Waals surface area (Å²) in [5, 5.41) is 0. The van der Waals surface area contributed by atoms with Gasteiger partial charge in [0, 0.05) is 31.7 Å². The first-order valence-electron chi connectivity index (χ1n) is 10.5. The Morgan fingerprint density at radius 2 is 1.37 bits per heavy atom. The molecule has 0 radical (unpaired) electrons. The lowest BCUT2D eigenvalue weighted by Crippen LogP contribution is -2.50. The average molecular weight is 429 g/mol. The molecule has 0 aromatic heterocycles. The lowest BCUT2D eigenvalue weighted by Gasteiger charge is -2.35. The minimum Gasteiger partial charge on any atom is -0.336 e. The van der Waals surface area contributed by atoms with Crippen LogP contribution in [0.15, 0.2) is 35.2 Å². The number of aryl methyl sites for hydroxylation is 2. The molecule has 0 aliphatic carbocycles. The number of amides is 1. The molecule has 1 heterocycles. The minimum absolute atomic E-state index is 0.0406. The average Bonchev–Trinajstić information content (AvgIpc) is 2.72. The number of piperazine rings is 1. The Hall–Kier alpha value is -2.18. The summed E-state index contributed by atoms with van der Waals surface area (Å²) in [5.74, 6) is 0.376. The van der Waals surface area contributed by atoms with Crippen molar-refractivity contribution in [2.24, 2.45) is 0 Å². The van der Waals surface area contributed by atoms with Crippen molar-refractivity contribution in [1.82, 2.24) is 9.21 Å². The molecule has 2 aromatic carbocycles. The maximum Gasteiger partial charge on any atom is 0.253 e. The third kappa shape index (κ3) is 4.16. The van der Waals surface area contributed by atoms with Crippen molar-refractivity contribution in [3.63, 3.8) is 0 Å². The summed E-state index contributed by atoms with van der Waals surface area (Å²) < 4.78 is 28.3. The zero-order valence-corrected chi connectivity index (χ0v) is 19.6. The fraction of sp³-hybridized carbons (Fsp3) is 0.458. The number of nitrogens with zero attached hydrogens (tertiary/aromatic N) is 2. The standard InChI is InChI=1S/C24H32N2O3S/c1-16(2)21-7-9-22(10-8-21)24(27)25-11-13-26(14-12-25)30(28,29)23-19(5)17(3)15-18(4)20(23)6/h7-10,15-16H,11-14H2,1-6H3. The quantitative estimate of drug-likeness (QED) is 0.734. The Labute approximate surface area is 180 Å². The molecule has 0 atom stereocenters. The highest BCUT2D eigenvalue weighted by atomic mass is 32.2. The summed E-state index contributed by atoms with van der Waals surface area (Å²) >= 11 is 0. The van der Waals surface area contributed by atoms with E-state index in [4.69, 9.17) is 0 Å². The van der Waals surface area contributed by atoms with Crippen LogP contribution in [-0.2, 0) is 10.0 Å². The second kappa shape index (κ2) is 8.52. The van der Waals surface area contributed by atoms with Crippen LogP contribution >= 0.6 is 0 Å². The van der Waals surface area contributed by atoms with Crippen molar-refractivity contribution in [1.29, 1.82) is 0 Å². The first kappa shape index (κ1) is 22.5. The van der Waals surface area contributed by atoms with Crippen molar-refractivity contribution in [3.05, 3.63) is 63.7 Å². The molecule has 6 heteroatoms. The van der Waals surface area contributed by atoms with Crippen molar-refractivity contribution >= 4 is 15.9 Å². The number of sulfonamides is 1. The van der Waals surface area contributed by atoms with Crippen LogP contribution < -0.4 is 0 Å².